The number of hydrogen-bond donors (Lipinski definition) is 1. The van der Waals surface area contributed by atoms with Crippen molar-refractivity contribution in [2.45, 2.75) is 11.7 Å². The van der Waals surface area contributed by atoms with Crippen molar-refractivity contribution in [3.05, 3.63) is 34.9 Å². The first-order chi connectivity index (χ1) is 11.1. The Morgan fingerprint density at radius 3 is 2.74 bits per heavy atom. The highest BCUT2D eigenvalue weighted by Gasteiger charge is 2.33. The summed E-state index contributed by atoms with van der Waals surface area (Å²) in [5.74, 6) is 0.212. The molecule has 1 aromatic heterocycles. The number of piperazine rings is 1. The van der Waals surface area contributed by atoms with Gasteiger partial charge < -0.3 is 15.5 Å². The monoisotopic (exact) mass is 332 g/mol. The van der Waals surface area contributed by atoms with E-state index in [4.69, 9.17) is 5.73 Å². The summed E-state index contributed by atoms with van der Waals surface area (Å²) in [5.41, 5.74) is 6.17. The molecule has 122 valence electrons. The molecule has 0 saturated carbocycles. The number of carbonyl (C=O) groups is 2. The lowest BCUT2D eigenvalue weighted by atomic mass is 10.1. The molecule has 0 bridgehead atoms. The van der Waals surface area contributed by atoms with Crippen molar-refractivity contribution in [2.75, 3.05) is 39.0 Å². The molecule has 3 heterocycles. The first-order valence-electron chi connectivity index (χ1n) is 7.65. The number of nitrogens with zero attached hydrogens (tertiary/aromatic N) is 3. The third kappa shape index (κ3) is 3.40. The van der Waals surface area contributed by atoms with Gasteiger partial charge in [-0.25, -0.2) is 4.98 Å². The maximum atomic E-state index is 12.6. The fourth-order valence-electron chi connectivity index (χ4n) is 2.73. The van der Waals surface area contributed by atoms with E-state index in [9.17, 15) is 9.59 Å². The van der Waals surface area contributed by atoms with Crippen LogP contribution in [0.25, 0.3) is 0 Å². The van der Waals surface area contributed by atoms with E-state index in [2.05, 4.69) is 16.9 Å². The topological polar surface area (TPSA) is 79.5 Å². The van der Waals surface area contributed by atoms with Crippen molar-refractivity contribution in [1.82, 2.24) is 14.8 Å². The molecule has 6 nitrogen and oxygen atoms in total. The van der Waals surface area contributed by atoms with Crippen LogP contribution in [-0.2, 0) is 4.79 Å². The van der Waals surface area contributed by atoms with Gasteiger partial charge >= 0.3 is 0 Å². The molecule has 1 atom stereocenters. The highest BCUT2D eigenvalue weighted by molar-refractivity contribution is 8.05. The molecule has 0 aliphatic carbocycles. The number of allylic oxidation sites excluding steroid dienone is 2. The number of thioether (sulfide) groups is 1. The van der Waals surface area contributed by atoms with Crippen LogP contribution >= 0.6 is 11.8 Å². The predicted octanol–water partition coefficient (Wildman–Crippen LogP) is 1.01. The summed E-state index contributed by atoms with van der Waals surface area (Å²) in [6.45, 7) is 3.31. The molecule has 7 heteroatoms. The Bertz CT molecular complexity index is 653. The zero-order chi connectivity index (χ0) is 16.4. The number of pyridine rings is 1. The summed E-state index contributed by atoms with van der Waals surface area (Å²) < 4.78 is 0. The Morgan fingerprint density at radius 1 is 1.30 bits per heavy atom. The Morgan fingerprint density at radius 2 is 2.04 bits per heavy atom. The number of aromatic nitrogens is 1. The zero-order valence-electron chi connectivity index (χ0n) is 13.1. The summed E-state index contributed by atoms with van der Waals surface area (Å²) in [5, 5.41) is -0.199. The van der Waals surface area contributed by atoms with Crippen molar-refractivity contribution in [3.63, 3.8) is 0 Å². The van der Waals surface area contributed by atoms with Crippen LogP contribution in [0.5, 0.6) is 0 Å². The first-order valence-corrected chi connectivity index (χ1v) is 8.53. The van der Waals surface area contributed by atoms with Crippen molar-refractivity contribution in [1.29, 1.82) is 0 Å². The molecule has 1 amide bonds. The van der Waals surface area contributed by atoms with Gasteiger partial charge in [0.1, 0.15) is 5.82 Å². The molecule has 2 N–H and O–H groups in total. The lowest BCUT2D eigenvalue weighted by Gasteiger charge is -2.33. The Balaban J connectivity index is 1.63. The van der Waals surface area contributed by atoms with Gasteiger partial charge in [0.15, 0.2) is 0 Å². The minimum absolute atomic E-state index is 0.126. The van der Waals surface area contributed by atoms with Gasteiger partial charge in [-0.1, -0.05) is 6.08 Å². The second kappa shape index (κ2) is 6.72. The normalized spacial score (nSPS) is 22.0. The Kier molecular flexibility index (Phi) is 4.68. The van der Waals surface area contributed by atoms with E-state index < -0.39 is 0 Å². The van der Waals surface area contributed by atoms with E-state index in [1.165, 1.54) is 11.8 Å². The van der Waals surface area contributed by atoms with Gasteiger partial charge in [-0.2, -0.15) is 0 Å². The van der Waals surface area contributed by atoms with Crippen molar-refractivity contribution < 1.29 is 9.59 Å². The highest BCUT2D eigenvalue weighted by atomic mass is 32.2. The third-order valence-corrected chi connectivity index (χ3v) is 5.47. The summed E-state index contributed by atoms with van der Waals surface area (Å²) in [6, 6.07) is 3.36. The fraction of sp³-hybridized carbons (Fsp3) is 0.438. The quantitative estimate of drug-likeness (QED) is 0.832. The molecule has 1 unspecified atom stereocenters. The molecular formula is C16H20N4O2S. The molecule has 1 aromatic rings. The van der Waals surface area contributed by atoms with Crippen LogP contribution in [-0.4, -0.2) is 65.0 Å². The number of amides is 1. The molecular weight excluding hydrogens is 312 g/mol. The number of likely N-dealkylation sites (N-methyl/N-ethyl adjacent to an activating group) is 1. The summed E-state index contributed by atoms with van der Waals surface area (Å²) in [7, 11) is 2.06. The van der Waals surface area contributed by atoms with Crippen LogP contribution in [0.4, 0.5) is 5.82 Å². The van der Waals surface area contributed by atoms with Crippen molar-refractivity contribution >= 4 is 29.3 Å². The number of ketones is 1. The van der Waals surface area contributed by atoms with Gasteiger partial charge in [0, 0.05) is 32.4 Å². The molecule has 3 rings (SSSR count). The van der Waals surface area contributed by atoms with Crippen LogP contribution in [0.15, 0.2) is 29.3 Å². The van der Waals surface area contributed by atoms with E-state index >= 15 is 0 Å². The molecule has 2 aliphatic rings. The lowest BCUT2D eigenvalue weighted by molar-refractivity contribution is -0.132. The molecule has 0 spiro atoms. The molecule has 0 radical (unpaired) electrons. The maximum absolute atomic E-state index is 12.6. The summed E-state index contributed by atoms with van der Waals surface area (Å²) in [6.07, 6.45) is 4.00. The lowest BCUT2D eigenvalue weighted by Crippen LogP contribution is -2.49. The first kappa shape index (κ1) is 16.0. The number of nitrogens with two attached hydrogens (primary N) is 1. The van der Waals surface area contributed by atoms with Gasteiger partial charge in [-0.05, 0) is 25.6 Å². The van der Waals surface area contributed by atoms with Crippen LogP contribution in [0.3, 0.4) is 0 Å². The number of anilines is 1. The van der Waals surface area contributed by atoms with Crippen LogP contribution < -0.4 is 5.73 Å². The zero-order valence-corrected chi connectivity index (χ0v) is 13.9. The number of rotatable bonds is 3. The number of nitrogen functional groups attached to an aromatic ring is 1. The van der Waals surface area contributed by atoms with E-state index in [0.717, 1.165) is 26.2 Å². The molecule has 1 saturated heterocycles. The molecule has 1 fully saturated rings. The molecule has 0 aromatic carbocycles. The van der Waals surface area contributed by atoms with E-state index in [0.29, 0.717) is 16.9 Å². The molecule has 23 heavy (non-hydrogen) atoms. The average Bonchev–Trinajstić information content (AvgIpc) is 3.05. The smallest absolute Gasteiger partial charge is 0.236 e. The van der Waals surface area contributed by atoms with Gasteiger partial charge in [0.2, 0.25) is 11.7 Å². The van der Waals surface area contributed by atoms with Crippen molar-refractivity contribution in [3.8, 4) is 0 Å². The Labute approximate surface area is 139 Å². The number of Topliss-reactive ketones (excluding diaryl/α,β-unsaturated/α-hetero) is 1. The third-order valence-electron chi connectivity index (χ3n) is 4.18. The largest absolute Gasteiger partial charge is 0.383 e. The second-order valence-corrected chi connectivity index (χ2v) is 7.05. The summed E-state index contributed by atoms with van der Waals surface area (Å²) >= 11 is 1.35. The SMILES string of the molecule is CN1CCN(C(=O)C2CC=C(C(=O)c3cccnc3N)S2)CC1. The van der Waals surface area contributed by atoms with Gasteiger partial charge in [0.05, 0.1) is 15.7 Å². The second-order valence-electron chi connectivity index (χ2n) is 5.80. The summed E-state index contributed by atoms with van der Waals surface area (Å²) in [4.78, 5) is 33.8. The average molecular weight is 332 g/mol. The standard InChI is InChI=1S/C16H20N4O2S/c1-19-7-9-20(10-8-19)16(22)13-5-4-12(23-13)14(21)11-3-2-6-18-15(11)17/h2-4,6,13H,5,7-10H2,1H3,(H2,17,18). The van der Waals surface area contributed by atoms with Gasteiger partial charge in [-0.3, -0.25) is 9.59 Å². The molecule has 2 aliphatic heterocycles. The van der Waals surface area contributed by atoms with E-state index in [-0.39, 0.29) is 22.8 Å². The maximum Gasteiger partial charge on any atom is 0.236 e. The fourth-order valence-corrected chi connectivity index (χ4v) is 3.89. The van der Waals surface area contributed by atoms with Crippen molar-refractivity contribution in [2.24, 2.45) is 0 Å². The Hall–Kier alpha value is -1.86. The minimum Gasteiger partial charge on any atom is -0.383 e. The van der Waals surface area contributed by atoms with Gasteiger partial charge in [0.25, 0.3) is 0 Å². The van der Waals surface area contributed by atoms with Gasteiger partial charge in [-0.15, -0.1) is 11.8 Å². The van der Waals surface area contributed by atoms with Crippen LogP contribution in [0.2, 0.25) is 0 Å². The minimum atomic E-state index is -0.199. The highest BCUT2D eigenvalue weighted by Crippen LogP contribution is 2.36. The number of carbonyl (C=O) groups excluding carboxylic acids is 2. The van der Waals surface area contributed by atoms with E-state index in [1.54, 1.807) is 18.3 Å². The van der Waals surface area contributed by atoms with Crippen LogP contribution in [0, 0.1) is 0 Å². The number of hydrogen-bond acceptors (Lipinski definition) is 6. The van der Waals surface area contributed by atoms with Crippen LogP contribution in [0.1, 0.15) is 16.8 Å². The van der Waals surface area contributed by atoms with E-state index in [1.807, 2.05) is 11.0 Å². The predicted molar refractivity (Wildman–Crippen MR) is 91.1 cm³/mol.